The van der Waals surface area contributed by atoms with Crippen molar-refractivity contribution in [3.05, 3.63) is 65.2 Å². The van der Waals surface area contributed by atoms with Crippen molar-refractivity contribution in [2.24, 2.45) is 0 Å². The van der Waals surface area contributed by atoms with Crippen LogP contribution in [0.15, 0.2) is 48.5 Å². The van der Waals surface area contributed by atoms with Gasteiger partial charge in [-0.05, 0) is 49.4 Å². The van der Waals surface area contributed by atoms with Gasteiger partial charge in [0.2, 0.25) is 0 Å². The molecule has 0 aromatic heterocycles. The van der Waals surface area contributed by atoms with Gasteiger partial charge in [0.1, 0.15) is 11.8 Å². The van der Waals surface area contributed by atoms with Crippen molar-refractivity contribution >= 4 is 0 Å². The molecule has 0 aliphatic heterocycles. The summed E-state index contributed by atoms with van der Waals surface area (Å²) < 4.78 is 5.22. The van der Waals surface area contributed by atoms with Crippen LogP contribution in [0.1, 0.15) is 48.9 Å². The molecule has 0 saturated heterocycles. The highest BCUT2D eigenvalue weighted by Gasteiger charge is 2.24. The van der Waals surface area contributed by atoms with Gasteiger partial charge in [-0.15, -0.1) is 0 Å². The van der Waals surface area contributed by atoms with Crippen molar-refractivity contribution in [1.29, 1.82) is 0 Å². The molecule has 0 bridgehead atoms. The second kappa shape index (κ2) is 7.65. The minimum atomic E-state index is 0.644. The van der Waals surface area contributed by atoms with E-state index in [0.29, 0.717) is 12.1 Å². The number of nitrogens with two attached hydrogens (primary N) is 1. The van der Waals surface area contributed by atoms with Crippen molar-refractivity contribution in [3.8, 4) is 5.75 Å². The van der Waals surface area contributed by atoms with E-state index in [1.807, 2.05) is 0 Å². The molecular weight excluding hydrogens is 282 g/mol. The molecule has 1 aliphatic rings. The van der Waals surface area contributed by atoms with Gasteiger partial charge in [-0.1, -0.05) is 36.4 Å². The van der Waals surface area contributed by atoms with Crippen LogP contribution in [0, 0.1) is 0 Å². The number of ether oxygens (including phenoxy) is 1. The van der Waals surface area contributed by atoms with Gasteiger partial charge in [-0.3, -0.25) is 0 Å². The summed E-state index contributed by atoms with van der Waals surface area (Å²) in [4.78, 5) is 0. The Labute approximate surface area is 139 Å². The zero-order chi connectivity index (χ0) is 16.1. The van der Waals surface area contributed by atoms with Gasteiger partial charge in [-0.2, -0.15) is 0 Å². The standard InChI is InChI=1S/C21H27NO/c1-16(10-11-17-12-14-19(23-2)15-13-17)22-21-9-5-7-18-6-3-4-8-20(18)21/h3-4,6,8,12-16,21-22H,5,7,9-11H2,1-2H3/p+1/t16-,21-/m1/s1. The summed E-state index contributed by atoms with van der Waals surface area (Å²) in [6.45, 7) is 2.36. The zero-order valence-corrected chi connectivity index (χ0v) is 14.3. The fourth-order valence-corrected chi connectivity index (χ4v) is 3.67. The molecule has 2 N–H and O–H groups in total. The molecule has 2 nitrogen and oxygen atoms in total. The number of hydrogen-bond donors (Lipinski definition) is 1. The van der Waals surface area contributed by atoms with Crippen LogP contribution in [0.4, 0.5) is 0 Å². The van der Waals surface area contributed by atoms with E-state index in [-0.39, 0.29) is 0 Å². The number of rotatable bonds is 6. The Balaban J connectivity index is 1.54. The fourth-order valence-electron chi connectivity index (χ4n) is 3.67. The molecule has 2 atom stereocenters. The van der Waals surface area contributed by atoms with Crippen LogP contribution < -0.4 is 10.1 Å². The third kappa shape index (κ3) is 4.14. The van der Waals surface area contributed by atoms with Crippen molar-refractivity contribution < 1.29 is 10.1 Å². The number of quaternary nitrogens is 1. The second-order valence-electron chi connectivity index (χ2n) is 6.75. The number of fused-ring (bicyclic) bond motifs is 1. The molecule has 0 unspecified atom stereocenters. The number of methoxy groups -OCH3 is 1. The first-order chi connectivity index (χ1) is 11.3. The van der Waals surface area contributed by atoms with Gasteiger partial charge in [0.25, 0.3) is 0 Å². The quantitative estimate of drug-likeness (QED) is 0.866. The number of benzene rings is 2. The van der Waals surface area contributed by atoms with E-state index in [1.165, 1.54) is 31.2 Å². The van der Waals surface area contributed by atoms with Gasteiger partial charge in [0.15, 0.2) is 0 Å². The van der Waals surface area contributed by atoms with Crippen molar-refractivity contribution in [2.45, 2.75) is 51.1 Å². The van der Waals surface area contributed by atoms with E-state index >= 15 is 0 Å². The van der Waals surface area contributed by atoms with Crippen LogP contribution in [0.2, 0.25) is 0 Å². The van der Waals surface area contributed by atoms with Gasteiger partial charge < -0.3 is 10.1 Å². The lowest BCUT2D eigenvalue weighted by molar-refractivity contribution is -0.726. The molecule has 1 aliphatic carbocycles. The third-order valence-corrected chi connectivity index (χ3v) is 5.02. The zero-order valence-electron chi connectivity index (χ0n) is 14.3. The number of hydrogen-bond acceptors (Lipinski definition) is 1. The predicted molar refractivity (Wildman–Crippen MR) is 94.8 cm³/mol. The molecule has 0 amide bonds. The summed E-state index contributed by atoms with van der Waals surface area (Å²) in [6, 6.07) is 18.8. The Morgan fingerprint density at radius 3 is 2.70 bits per heavy atom. The molecule has 0 fully saturated rings. The molecule has 0 radical (unpaired) electrons. The average Bonchev–Trinajstić information content (AvgIpc) is 2.61. The predicted octanol–water partition coefficient (Wildman–Crippen LogP) is 3.66. The fraction of sp³-hybridized carbons (Fsp3) is 0.429. The van der Waals surface area contributed by atoms with E-state index < -0.39 is 0 Å². The highest BCUT2D eigenvalue weighted by molar-refractivity contribution is 5.30. The smallest absolute Gasteiger partial charge is 0.118 e. The van der Waals surface area contributed by atoms with Crippen LogP contribution >= 0.6 is 0 Å². The highest BCUT2D eigenvalue weighted by Crippen LogP contribution is 2.26. The SMILES string of the molecule is COc1ccc(CC[C@@H](C)[NH2+][C@@H]2CCCc3ccccc32)cc1. The monoisotopic (exact) mass is 310 g/mol. The Bertz CT molecular complexity index is 620. The van der Waals surface area contributed by atoms with Crippen LogP contribution in [0.25, 0.3) is 0 Å². The number of aryl methyl sites for hydroxylation is 2. The maximum atomic E-state index is 5.22. The van der Waals surface area contributed by atoms with E-state index in [0.717, 1.165) is 12.2 Å². The van der Waals surface area contributed by atoms with Crippen LogP contribution in [0.5, 0.6) is 5.75 Å². The average molecular weight is 310 g/mol. The van der Waals surface area contributed by atoms with E-state index in [4.69, 9.17) is 4.74 Å². The molecule has 23 heavy (non-hydrogen) atoms. The molecular formula is C21H28NO+. The summed E-state index contributed by atoms with van der Waals surface area (Å²) in [5.41, 5.74) is 4.52. The van der Waals surface area contributed by atoms with Gasteiger partial charge in [-0.25, -0.2) is 0 Å². The van der Waals surface area contributed by atoms with E-state index in [2.05, 4.69) is 60.8 Å². The summed E-state index contributed by atoms with van der Waals surface area (Å²) in [5, 5.41) is 2.58. The first-order valence-corrected chi connectivity index (χ1v) is 8.82. The summed E-state index contributed by atoms with van der Waals surface area (Å²) in [6.07, 6.45) is 6.23. The topological polar surface area (TPSA) is 25.8 Å². The molecule has 2 aromatic carbocycles. The lowest BCUT2D eigenvalue weighted by Crippen LogP contribution is -2.90. The van der Waals surface area contributed by atoms with Crippen molar-refractivity contribution in [3.63, 3.8) is 0 Å². The summed E-state index contributed by atoms with van der Waals surface area (Å²) >= 11 is 0. The van der Waals surface area contributed by atoms with Crippen LogP contribution in [-0.2, 0) is 12.8 Å². The Kier molecular flexibility index (Phi) is 5.35. The maximum Gasteiger partial charge on any atom is 0.118 e. The highest BCUT2D eigenvalue weighted by atomic mass is 16.5. The molecule has 2 heteroatoms. The van der Waals surface area contributed by atoms with Gasteiger partial charge >= 0.3 is 0 Å². The minimum absolute atomic E-state index is 0.644. The molecule has 0 heterocycles. The van der Waals surface area contributed by atoms with Crippen molar-refractivity contribution in [2.75, 3.05) is 7.11 Å². The summed E-state index contributed by atoms with van der Waals surface area (Å²) in [5.74, 6) is 0.937. The van der Waals surface area contributed by atoms with Gasteiger partial charge in [0.05, 0.1) is 13.2 Å². The molecule has 0 saturated carbocycles. The van der Waals surface area contributed by atoms with E-state index in [1.54, 1.807) is 18.2 Å². The Morgan fingerprint density at radius 1 is 1.13 bits per heavy atom. The largest absolute Gasteiger partial charge is 0.497 e. The van der Waals surface area contributed by atoms with Gasteiger partial charge in [0, 0.05) is 18.4 Å². The lowest BCUT2D eigenvalue weighted by atomic mass is 9.87. The molecule has 0 spiro atoms. The van der Waals surface area contributed by atoms with E-state index in [9.17, 15) is 0 Å². The molecule has 3 rings (SSSR count). The van der Waals surface area contributed by atoms with Crippen molar-refractivity contribution in [1.82, 2.24) is 0 Å². The summed E-state index contributed by atoms with van der Waals surface area (Å²) in [7, 11) is 1.72. The van der Waals surface area contributed by atoms with Crippen LogP contribution in [0.3, 0.4) is 0 Å². The van der Waals surface area contributed by atoms with Crippen LogP contribution in [-0.4, -0.2) is 13.2 Å². The molecule has 122 valence electrons. The minimum Gasteiger partial charge on any atom is -0.497 e. The Hall–Kier alpha value is -1.80. The first kappa shape index (κ1) is 16.1. The first-order valence-electron chi connectivity index (χ1n) is 8.82. The lowest BCUT2D eigenvalue weighted by Gasteiger charge is -2.26. The normalized spacial score (nSPS) is 18.3. The second-order valence-corrected chi connectivity index (χ2v) is 6.75. The Morgan fingerprint density at radius 2 is 1.91 bits per heavy atom. The molecule has 2 aromatic rings. The maximum absolute atomic E-state index is 5.22. The third-order valence-electron chi connectivity index (χ3n) is 5.02.